The lowest BCUT2D eigenvalue weighted by Gasteiger charge is -2.41. The van der Waals surface area contributed by atoms with Crippen LogP contribution in [0, 0.1) is 11.3 Å². The highest BCUT2D eigenvalue weighted by atomic mass is 15.3. The molecule has 1 heterocycles. The predicted octanol–water partition coefficient (Wildman–Crippen LogP) is 0.395. The summed E-state index contributed by atoms with van der Waals surface area (Å²) in [6, 6.07) is 0.988. The largest absolute Gasteiger partial charge is 0.326 e. The zero-order chi connectivity index (χ0) is 13.2. The Morgan fingerprint density at radius 1 is 0.889 bits per heavy atom. The Balaban J connectivity index is 1.77. The number of nitrogens with one attached hydrogen (secondary N) is 2. The predicted molar refractivity (Wildman–Crippen MR) is 77.1 cm³/mol. The second kappa shape index (κ2) is 5.92. The molecule has 0 amide bonds. The van der Waals surface area contributed by atoms with E-state index in [0.29, 0.717) is 5.41 Å². The van der Waals surface area contributed by atoms with Gasteiger partial charge in [0.1, 0.15) is 26.2 Å². The Morgan fingerprint density at radius 2 is 1.44 bits per heavy atom. The van der Waals surface area contributed by atoms with E-state index in [1.54, 1.807) is 0 Å². The lowest BCUT2D eigenvalue weighted by atomic mass is 9.71. The molecule has 0 radical (unpaired) electrons. The molecule has 0 spiro atoms. The second-order valence-corrected chi connectivity index (χ2v) is 7.68. The molecular formula is C16H34N2+2. The lowest BCUT2D eigenvalue weighted by molar-refractivity contribution is -1.02. The normalized spacial score (nSPS) is 38.7. The molecule has 2 heteroatoms. The van der Waals surface area contributed by atoms with Crippen molar-refractivity contribution in [1.29, 1.82) is 0 Å². The van der Waals surface area contributed by atoms with Crippen LogP contribution in [0.25, 0.3) is 0 Å². The summed E-state index contributed by atoms with van der Waals surface area (Å²) >= 11 is 0. The Kier molecular flexibility index (Phi) is 4.71. The van der Waals surface area contributed by atoms with Gasteiger partial charge in [0.05, 0.1) is 12.6 Å². The molecule has 2 N–H and O–H groups in total. The van der Waals surface area contributed by atoms with Gasteiger partial charge >= 0.3 is 0 Å². The van der Waals surface area contributed by atoms with Gasteiger partial charge in [-0.25, -0.2) is 0 Å². The average molecular weight is 254 g/mol. The van der Waals surface area contributed by atoms with Crippen LogP contribution in [0.3, 0.4) is 0 Å². The van der Waals surface area contributed by atoms with Crippen molar-refractivity contribution in [3.63, 3.8) is 0 Å². The van der Waals surface area contributed by atoms with Crippen LogP contribution >= 0.6 is 0 Å². The maximum absolute atomic E-state index is 2.42. The Bertz CT molecular complexity index is 240. The highest BCUT2D eigenvalue weighted by Crippen LogP contribution is 2.37. The average Bonchev–Trinajstić information content (AvgIpc) is 2.38. The summed E-state index contributed by atoms with van der Waals surface area (Å²) in [5.74, 6) is 0.968. The minimum absolute atomic E-state index is 0.533. The monoisotopic (exact) mass is 254 g/mol. The van der Waals surface area contributed by atoms with Crippen LogP contribution < -0.4 is 9.80 Å². The van der Waals surface area contributed by atoms with Crippen molar-refractivity contribution in [2.45, 2.75) is 59.4 Å². The fourth-order valence-corrected chi connectivity index (χ4v) is 4.05. The first-order chi connectivity index (χ1) is 8.50. The summed E-state index contributed by atoms with van der Waals surface area (Å²) in [5, 5.41) is 0. The summed E-state index contributed by atoms with van der Waals surface area (Å²) in [7, 11) is 0. The number of hydrogen-bond donors (Lipinski definition) is 2. The van der Waals surface area contributed by atoms with Gasteiger partial charge in [0.2, 0.25) is 0 Å². The SMILES string of the molecule is CC[NH+]1CC[NH+](C2CCC(C(C)(C)C)CC2)CC1. The van der Waals surface area contributed by atoms with Crippen molar-refractivity contribution in [3.8, 4) is 0 Å². The van der Waals surface area contributed by atoms with E-state index in [2.05, 4.69) is 27.7 Å². The van der Waals surface area contributed by atoms with E-state index < -0.39 is 0 Å². The number of quaternary nitrogens is 2. The van der Waals surface area contributed by atoms with Gasteiger partial charge in [-0.3, -0.25) is 0 Å². The van der Waals surface area contributed by atoms with Gasteiger partial charge < -0.3 is 9.80 Å². The maximum atomic E-state index is 2.42. The quantitative estimate of drug-likeness (QED) is 0.706. The van der Waals surface area contributed by atoms with E-state index in [-0.39, 0.29) is 0 Å². The molecule has 106 valence electrons. The van der Waals surface area contributed by atoms with Crippen molar-refractivity contribution in [1.82, 2.24) is 0 Å². The molecular weight excluding hydrogens is 220 g/mol. The second-order valence-electron chi connectivity index (χ2n) is 7.68. The fourth-order valence-electron chi connectivity index (χ4n) is 4.05. The van der Waals surface area contributed by atoms with Crippen LogP contribution in [0.4, 0.5) is 0 Å². The number of hydrogen-bond acceptors (Lipinski definition) is 0. The van der Waals surface area contributed by atoms with E-state index >= 15 is 0 Å². The molecule has 0 unspecified atom stereocenters. The van der Waals surface area contributed by atoms with Gasteiger partial charge in [-0.15, -0.1) is 0 Å². The van der Waals surface area contributed by atoms with Crippen molar-refractivity contribution >= 4 is 0 Å². The van der Waals surface area contributed by atoms with Gasteiger partial charge in [0, 0.05) is 0 Å². The topological polar surface area (TPSA) is 8.88 Å². The molecule has 2 fully saturated rings. The molecule has 2 rings (SSSR count). The van der Waals surface area contributed by atoms with Gasteiger partial charge in [0.15, 0.2) is 0 Å². The molecule has 2 aliphatic rings. The van der Waals surface area contributed by atoms with Crippen molar-refractivity contribution in [2.24, 2.45) is 11.3 Å². The fraction of sp³-hybridized carbons (Fsp3) is 1.00. The first-order valence-electron chi connectivity index (χ1n) is 8.19. The zero-order valence-corrected chi connectivity index (χ0v) is 13.0. The first-order valence-corrected chi connectivity index (χ1v) is 8.19. The van der Waals surface area contributed by atoms with Gasteiger partial charge in [-0.2, -0.15) is 0 Å². The van der Waals surface area contributed by atoms with Crippen LogP contribution in [0.1, 0.15) is 53.4 Å². The maximum Gasteiger partial charge on any atom is 0.127 e. The Hall–Kier alpha value is -0.0800. The molecule has 1 aliphatic carbocycles. The van der Waals surface area contributed by atoms with Crippen molar-refractivity contribution in [3.05, 3.63) is 0 Å². The minimum atomic E-state index is 0.533. The van der Waals surface area contributed by atoms with Crippen molar-refractivity contribution in [2.75, 3.05) is 32.7 Å². The molecule has 0 aromatic rings. The zero-order valence-electron chi connectivity index (χ0n) is 13.0. The Labute approximate surface area is 114 Å². The molecule has 0 aromatic heterocycles. The van der Waals surface area contributed by atoms with E-state index in [1.807, 2.05) is 9.80 Å². The van der Waals surface area contributed by atoms with Gasteiger partial charge in [-0.1, -0.05) is 20.8 Å². The molecule has 1 saturated carbocycles. The number of piperazine rings is 1. The summed E-state index contributed by atoms with van der Waals surface area (Å²) in [6.07, 6.45) is 5.92. The minimum Gasteiger partial charge on any atom is -0.326 e. The van der Waals surface area contributed by atoms with E-state index in [1.165, 1.54) is 58.4 Å². The van der Waals surface area contributed by atoms with Gasteiger partial charge in [-0.05, 0) is 43.9 Å². The Morgan fingerprint density at radius 3 is 1.89 bits per heavy atom. The number of rotatable bonds is 2. The van der Waals surface area contributed by atoms with Crippen LogP contribution in [0.15, 0.2) is 0 Å². The summed E-state index contributed by atoms with van der Waals surface area (Å²) in [4.78, 5) is 3.75. The molecule has 18 heavy (non-hydrogen) atoms. The molecule has 1 saturated heterocycles. The molecule has 1 aliphatic heterocycles. The standard InChI is InChI=1S/C16H32N2/c1-5-17-10-12-18(13-11-17)15-8-6-14(7-9-15)16(2,3)4/h14-15H,5-13H2,1-4H3/p+2. The third-order valence-electron chi connectivity index (χ3n) is 5.63. The summed E-state index contributed by atoms with van der Waals surface area (Å²) in [5.41, 5.74) is 0.533. The van der Waals surface area contributed by atoms with Crippen LogP contribution in [-0.4, -0.2) is 38.8 Å². The molecule has 2 nitrogen and oxygen atoms in total. The smallest absolute Gasteiger partial charge is 0.127 e. The van der Waals surface area contributed by atoms with E-state index in [0.717, 1.165) is 12.0 Å². The van der Waals surface area contributed by atoms with E-state index in [4.69, 9.17) is 0 Å². The third-order valence-corrected chi connectivity index (χ3v) is 5.63. The molecule has 0 bridgehead atoms. The molecule has 0 aromatic carbocycles. The van der Waals surface area contributed by atoms with Crippen LogP contribution in [0.5, 0.6) is 0 Å². The van der Waals surface area contributed by atoms with Crippen LogP contribution in [0.2, 0.25) is 0 Å². The summed E-state index contributed by atoms with van der Waals surface area (Å²) in [6.45, 7) is 16.6. The highest BCUT2D eigenvalue weighted by Gasteiger charge is 2.35. The number of likely N-dealkylation sites (N-methyl/N-ethyl adjacent to an activating group) is 1. The lowest BCUT2D eigenvalue weighted by Crippen LogP contribution is -3.29. The molecule has 0 atom stereocenters. The van der Waals surface area contributed by atoms with Crippen molar-refractivity contribution < 1.29 is 9.80 Å². The third kappa shape index (κ3) is 3.48. The van der Waals surface area contributed by atoms with Crippen LogP contribution in [-0.2, 0) is 0 Å². The van der Waals surface area contributed by atoms with E-state index in [9.17, 15) is 0 Å². The first kappa shape index (κ1) is 14.3. The van der Waals surface area contributed by atoms with Gasteiger partial charge in [0.25, 0.3) is 0 Å². The highest BCUT2D eigenvalue weighted by molar-refractivity contribution is 4.80. The summed E-state index contributed by atoms with van der Waals surface area (Å²) < 4.78 is 0.